The molecule has 1 spiro atoms. The zero-order valence-electron chi connectivity index (χ0n) is 26.8. The van der Waals surface area contributed by atoms with Crippen LogP contribution in [0.1, 0.15) is 60.0 Å². The maximum absolute atomic E-state index is 13.9. The molecule has 1 fully saturated rings. The predicted octanol–water partition coefficient (Wildman–Crippen LogP) is 1.98. The highest BCUT2D eigenvalue weighted by molar-refractivity contribution is 6.01. The summed E-state index contributed by atoms with van der Waals surface area (Å²) in [6, 6.07) is 17.6. The maximum atomic E-state index is 13.9. The van der Waals surface area contributed by atoms with Gasteiger partial charge in [-0.1, -0.05) is 55.3 Å². The molecule has 2 aliphatic rings. The molecule has 3 aromatic rings. The number of amides is 5. The Hall–Kier alpha value is -5.26. The van der Waals surface area contributed by atoms with Gasteiger partial charge in [0.15, 0.2) is 0 Å². The fourth-order valence-corrected chi connectivity index (χ4v) is 6.06. The van der Waals surface area contributed by atoms with Gasteiger partial charge in [-0.3, -0.25) is 29.0 Å². The van der Waals surface area contributed by atoms with Crippen molar-refractivity contribution in [2.75, 3.05) is 19.7 Å². The number of nitrogens with one attached hydrogen (secondary N) is 5. The van der Waals surface area contributed by atoms with Crippen molar-refractivity contribution in [1.29, 1.82) is 0 Å². The van der Waals surface area contributed by atoms with Crippen LogP contribution in [0.15, 0.2) is 79.1 Å². The van der Waals surface area contributed by atoms with Crippen molar-refractivity contribution in [3.05, 3.63) is 95.8 Å². The Balaban J connectivity index is 1.39. The molecule has 1 saturated carbocycles. The molecular weight excluding hydrogens is 612 g/mol. The number of carbonyl (C=O) groups excluding carboxylic acids is 5. The molecule has 5 amide bonds. The molecule has 252 valence electrons. The van der Waals surface area contributed by atoms with Gasteiger partial charge in [-0.15, -0.1) is 0 Å². The lowest BCUT2D eigenvalue weighted by atomic mass is 9.94. The average molecular weight is 655 g/mol. The molecule has 48 heavy (non-hydrogen) atoms. The monoisotopic (exact) mass is 654 g/mol. The molecule has 1 aromatic heterocycles. The first-order chi connectivity index (χ1) is 23.3. The Labute approximate surface area is 279 Å². The third-order valence-corrected chi connectivity index (χ3v) is 8.66. The first kappa shape index (κ1) is 34.1. The first-order valence-electron chi connectivity index (χ1n) is 16.5. The summed E-state index contributed by atoms with van der Waals surface area (Å²) in [7, 11) is 0. The van der Waals surface area contributed by atoms with Crippen LogP contribution in [0.4, 0.5) is 0 Å². The third-order valence-electron chi connectivity index (χ3n) is 8.66. The van der Waals surface area contributed by atoms with Crippen molar-refractivity contribution >= 4 is 29.5 Å². The standard InChI is InChI=1S/C36H42N6O6/c43-31-24-29(34(46)39-21-15-25-13-19-37-20-14-25)40-32(44)27-11-4-5-12-30(27)48-22-8-18-38-33(45)28(23-26-9-2-1-3-10-26)41-35(47)36(42-31)16-6-7-17-36/h1-5,9-14,19-20,28-29H,6-8,15-18,21-24H2,(H,38,45)(H,39,46)(H,40,44)(H,41,47)(H,42,43)/t28-,29-/m0/s1. The second-order valence-corrected chi connectivity index (χ2v) is 12.2. The van der Waals surface area contributed by atoms with Crippen molar-refractivity contribution < 1.29 is 28.7 Å². The summed E-state index contributed by atoms with van der Waals surface area (Å²) >= 11 is 0. The van der Waals surface area contributed by atoms with Crippen LogP contribution in [0.3, 0.4) is 0 Å². The second-order valence-electron chi connectivity index (χ2n) is 12.2. The predicted molar refractivity (Wildman–Crippen MR) is 178 cm³/mol. The average Bonchev–Trinajstić information content (AvgIpc) is 3.57. The Morgan fingerprint density at radius 3 is 2.38 bits per heavy atom. The van der Waals surface area contributed by atoms with Crippen molar-refractivity contribution in [3.8, 4) is 5.75 Å². The van der Waals surface area contributed by atoms with E-state index >= 15 is 0 Å². The molecule has 0 bridgehead atoms. The topological polar surface area (TPSA) is 168 Å². The lowest BCUT2D eigenvalue weighted by Gasteiger charge is -2.32. The molecule has 1 aliphatic heterocycles. The highest BCUT2D eigenvalue weighted by Gasteiger charge is 2.44. The zero-order chi connectivity index (χ0) is 33.8. The fraction of sp³-hybridized carbons (Fsp3) is 0.389. The molecule has 5 rings (SSSR count). The molecule has 5 N–H and O–H groups in total. The van der Waals surface area contributed by atoms with Crippen molar-refractivity contribution in [3.63, 3.8) is 0 Å². The fourth-order valence-electron chi connectivity index (χ4n) is 6.06. The molecule has 12 nitrogen and oxygen atoms in total. The normalized spacial score (nSPS) is 20.5. The van der Waals surface area contributed by atoms with E-state index in [4.69, 9.17) is 4.74 Å². The Bertz CT molecular complexity index is 1580. The van der Waals surface area contributed by atoms with Gasteiger partial charge in [0.05, 0.1) is 18.6 Å². The lowest BCUT2D eigenvalue weighted by molar-refractivity contribution is -0.136. The number of nitrogens with zero attached hydrogens (tertiary/aromatic N) is 1. The van der Waals surface area contributed by atoms with Gasteiger partial charge in [0.2, 0.25) is 23.6 Å². The molecule has 2 atom stereocenters. The summed E-state index contributed by atoms with van der Waals surface area (Å²) in [6.07, 6.45) is 6.32. The number of benzene rings is 2. The highest BCUT2D eigenvalue weighted by Crippen LogP contribution is 2.30. The van der Waals surface area contributed by atoms with Gasteiger partial charge in [-0.25, -0.2) is 0 Å². The highest BCUT2D eigenvalue weighted by atomic mass is 16.5. The smallest absolute Gasteiger partial charge is 0.255 e. The molecule has 0 unspecified atom stereocenters. The number of carbonyl (C=O) groups is 5. The van der Waals surface area contributed by atoms with E-state index in [1.165, 1.54) is 0 Å². The Kier molecular flexibility index (Phi) is 11.7. The minimum Gasteiger partial charge on any atom is -0.493 e. The number of aromatic nitrogens is 1. The van der Waals surface area contributed by atoms with Gasteiger partial charge in [0, 0.05) is 31.9 Å². The van der Waals surface area contributed by atoms with Crippen molar-refractivity contribution in [2.24, 2.45) is 0 Å². The number of hydrogen-bond donors (Lipinski definition) is 5. The maximum Gasteiger partial charge on any atom is 0.255 e. The van der Waals surface area contributed by atoms with Gasteiger partial charge in [0.1, 0.15) is 23.4 Å². The molecule has 12 heteroatoms. The first-order valence-corrected chi connectivity index (χ1v) is 16.5. The van der Waals surface area contributed by atoms with Crippen LogP contribution in [0.25, 0.3) is 0 Å². The minimum atomic E-state index is -1.26. The van der Waals surface area contributed by atoms with Crippen LogP contribution >= 0.6 is 0 Å². The summed E-state index contributed by atoms with van der Waals surface area (Å²) in [4.78, 5) is 72.0. The van der Waals surface area contributed by atoms with E-state index in [1.807, 2.05) is 42.5 Å². The lowest BCUT2D eigenvalue weighted by Crippen LogP contribution is -2.62. The molecular formula is C36H42N6O6. The van der Waals surface area contributed by atoms with Crippen LogP contribution in [-0.2, 0) is 32.0 Å². The number of hydrogen-bond acceptors (Lipinski definition) is 7. The second kappa shape index (κ2) is 16.5. The molecule has 1 aliphatic carbocycles. The SMILES string of the molecule is O=C1C[C@@H](C(=O)NCCc2ccncc2)NC(=O)c2ccccc2OCCCNC(=O)[C@H](Cc2ccccc2)NC(=O)C2(CCCC2)N1. The number of fused-ring (bicyclic) bond motifs is 1. The Morgan fingerprint density at radius 1 is 0.875 bits per heavy atom. The van der Waals surface area contributed by atoms with Crippen LogP contribution in [0.5, 0.6) is 5.75 Å². The van der Waals surface area contributed by atoms with Gasteiger partial charge in [0.25, 0.3) is 5.91 Å². The van der Waals surface area contributed by atoms with E-state index in [-0.39, 0.29) is 37.6 Å². The largest absolute Gasteiger partial charge is 0.493 e. The van der Waals surface area contributed by atoms with Crippen LogP contribution in [0.2, 0.25) is 0 Å². The molecule has 2 heterocycles. The summed E-state index contributed by atoms with van der Waals surface area (Å²) < 4.78 is 5.91. The molecule has 0 radical (unpaired) electrons. The summed E-state index contributed by atoms with van der Waals surface area (Å²) in [5, 5.41) is 14.3. The minimum absolute atomic E-state index is 0.199. The summed E-state index contributed by atoms with van der Waals surface area (Å²) in [5.74, 6) is -2.19. The number of pyridine rings is 1. The Morgan fingerprint density at radius 2 is 1.60 bits per heavy atom. The van der Waals surface area contributed by atoms with Crippen LogP contribution in [-0.4, -0.2) is 71.8 Å². The number of rotatable bonds is 6. The van der Waals surface area contributed by atoms with E-state index in [0.29, 0.717) is 44.3 Å². The van der Waals surface area contributed by atoms with E-state index in [0.717, 1.165) is 11.1 Å². The summed E-state index contributed by atoms with van der Waals surface area (Å²) in [6.45, 7) is 0.746. The summed E-state index contributed by atoms with van der Waals surface area (Å²) in [5.41, 5.74) is 0.784. The third kappa shape index (κ3) is 9.18. The zero-order valence-corrected chi connectivity index (χ0v) is 26.8. The van der Waals surface area contributed by atoms with Gasteiger partial charge in [-0.05, 0) is 61.1 Å². The van der Waals surface area contributed by atoms with E-state index in [1.54, 1.807) is 36.7 Å². The van der Waals surface area contributed by atoms with E-state index in [9.17, 15) is 24.0 Å². The van der Waals surface area contributed by atoms with Crippen molar-refractivity contribution in [1.82, 2.24) is 31.6 Å². The quantitative estimate of drug-likeness (QED) is 0.271. The van der Waals surface area contributed by atoms with Crippen LogP contribution < -0.4 is 31.3 Å². The van der Waals surface area contributed by atoms with Gasteiger partial charge < -0.3 is 31.3 Å². The van der Waals surface area contributed by atoms with Gasteiger partial charge >= 0.3 is 0 Å². The van der Waals surface area contributed by atoms with Crippen LogP contribution in [0, 0.1) is 0 Å². The van der Waals surface area contributed by atoms with E-state index in [2.05, 4.69) is 31.6 Å². The van der Waals surface area contributed by atoms with Gasteiger partial charge in [-0.2, -0.15) is 0 Å². The van der Waals surface area contributed by atoms with E-state index < -0.39 is 47.7 Å². The van der Waals surface area contributed by atoms with Crippen molar-refractivity contribution in [2.45, 2.75) is 69.0 Å². The number of para-hydroxylation sites is 1. The number of ether oxygens (including phenoxy) is 1. The molecule has 2 aromatic carbocycles. The molecule has 0 saturated heterocycles.